The van der Waals surface area contributed by atoms with Crippen molar-refractivity contribution in [2.24, 2.45) is 4.99 Å². The number of phenols is 1. The van der Waals surface area contributed by atoms with Crippen molar-refractivity contribution < 1.29 is 19.0 Å². The second-order valence-corrected chi connectivity index (χ2v) is 6.77. The number of nitrogens with zero attached hydrogens (tertiary/aromatic N) is 3. The van der Waals surface area contributed by atoms with Crippen molar-refractivity contribution in [2.75, 3.05) is 39.3 Å². The lowest BCUT2D eigenvalue weighted by Crippen LogP contribution is -2.55. The van der Waals surface area contributed by atoms with E-state index in [-0.39, 0.29) is 17.8 Å². The fraction of sp³-hybridized carbons (Fsp3) is 0.579. The molecule has 1 atom stereocenters. The van der Waals surface area contributed by atoms with E-state index in [1.807, 2.05) is 11.8 Å². The van der Waals surface area contributed by atoms with Gasteiger partial charge in [0.2, 0.25) is 0 Å². The molecule has 0 saturated carbocycles. The summed E-state index contributed by atoms with van der Waals surface area (Å²) in [5, 5.41) is 12.5. The van der Waals surface area contributed by atoms with E-state index in [1.54, 1.807) is 6.07 Å². The standard InChI is InChI=1S/C19H27FN4O3/c1-2-21-19(22-13-14-5-6-16(25)15(20)12-14)24-9-7-23(8-10-24)18(26)17-4-3-11-27-17/h5-6,12,17,25H,2-4,7-11,13H2,1H3,(H,21,22). The maximum Gasteiger partial charge on any atom is 0.251 e. The number of hydrogen-bond acceptors (Lipinski definition) is 4. The van der Waals surface area contributed by atoms with Crippen LogP contribution in [0.5, 0.6) is 5.75 Å². The maximum absolute atomic E-state index is 13.5. The second kappa shape index (κ2) is 9.03. The van der Waals surface area contributed by atoms with Crippen LogP contribution in [-0.2, 0) is 16.1 Å². The SMILES string of the molecule is CCNC(=NCc1ccc(O)c(F)c1)N1CCN(C(=O)C2CCCO2)CC1. The number of amides is 1. The van der Waals surface area contributed by atoms with Gasteiger partial charge >= 0.3 is 0 Å². The number of carbonyl (C=O) groups is 1. The topological polar surface area (TPSA) is 77.4 Å². The first-order chi connectivity index (χ1) is 13.1. The largest absolute Gasteiger partial charge is 0.505 e. The zero-order valence-electron chi connectivity index (χ0n) is 15.7. The van der Waals surface area contributed by atoms with Gasteiger partial charge in [-0.05, 0) is 37.5 Å². The summed E-state index contributed by atoms with van der Waals surface area (Å²) in [5.74, 6) is -0.167. The fourth-order valence-electron chi connectivity index (χ4n) is 3.36. The van der Waals surface area contributed by atoms with E-state index >= 15 is 0 Å². The van der Waals surface area contributed by atoms with E-state index < -0.39 is 5.82 Å². The van der Waals surface area contributed by atoms with Crippen molar-refractivity contribution in [2.45, 2.75) is 32.4 Å². The van der Waals surface area contributed by atoms with Gasteiger partial charge in [-0.3, -0.25) is 4.79 Å². The molecule has 2 aliphatic heterocycles. The Kier molecular flexibility index (Phi) is 6.49. The molecule has 7 nitrogen and oxygen atoms in total. The molecule has 0 bridgehead atoms. The Labute approximate surface area is 158 Å². The average molecular weight is 378 g/mol. The Morgan fingerprint density at radius 3 is 2.70 bits per heavy atom. The number of carbonyl (C=O) groups excluding carboxylic acids is 1. The number of nitrogens with one attached hydrogen (secondary N) is 1. The maximum atomic E-state index is 13.5. The zero-order chi connectivity index (χ0) is 19.2. The van der Waals surface area contributed by atoms with Crippen LogP contribution in [0.15, 0.2) is 23.2 Å². The number of aromatic hydroxyl groups is 1. The molecular weight excluding hydrogens is 351 g/mol. The van der Waals surface area contributed by atoms with Crippen LogP contribution in [0.25, 0.3) is 0 Å². The normalized spacial score (nSPS) is 20.8. The smallest absolute Gasteiger partial charge is 0.251 e. The van der Waals surface area contributed by atoms with Crippen LogP contribution in [0, 0.1) is 5.82 Å². The van der Waals surface area contributed by atoms with Crippen LogP contribution in [0.1, 0.15) is 25.3 Å². The number of hydrogen-bond donors (Lipinski definition) is 2. The van der Waals surface area contributed by atoms with E-state index in [0.717, 1.165) is 25.3 Å². The van der Waals surface area contributed by atoms with Gasteiger partial charge in [-0.15, -0.1) is 0 Å². The molecule has 0 aliphatic carbocycles. The van der Waals surface area contributed by atoms with Gasteiger partial charge in [0.15, 0.2) is 17.5 Å². The number of piperazine rings is 1. The van der Waals surface area contributed by atoms with Crippen LogP contribution in [0.4, 0.5) is 4.39 Å². The van der Waals surface area contributed by atoms with Gasteiger partial charge in [0.05, 0.1) is 6.54 Å². The quantitative estimate of drug-likeness (QED) is 0.610. The summed E-state index contributed by atoms with van der Waals surface area (Å²) < 4.78 is 19.0. The van der Waals surface area contributed by atoms with E-state index in [0.29, 0.717) is 44.9 Å². The summed E-state index contributed by atoms with van der Waals surface area (Å²) in [7, 11) is 0. The fourth-order valence-corrected chi connectivity index (χ4v) is 3.36. The monoisotopic (exact) mass is 378 g/mol. The highest BCUT2D eigenvalue weighted by Crippen LogP contribution is 2.18. The van der Waals surface area contributed by atoms with E-state index in [9.17, 15) is 14.3 Å². The summed E-state index contributed by atoms with van der Waals surface area (Å²) in [5.41, 5.74) is 0.688. The molecule has 2 fully saturated rings. The molecule has 1 aromatic carbocycles. The predicted octanol–water partition coefficient (Wildman–Crippen LogP) is 1.32. The first-order valence-electron chi connectivity index (χ1n) is 9.49. The van der Waals surface area contributed by atoms with Crippen molar-refractivity contribution in [1.29, 1.82) is 0 Å². The molecule has 2 N–H and O–H groups in total. The van der Waals surface area contributed by atoms with Crippen LogP contribution >= 0.6 is 0 Å². The highest BCUT2D eigenvalue weighted by molar-refractivity contribution is 5.82. The van der Waals surface area contributed by atoms with Gasteiger partial charge in [-0.1, -0.05) is 6.07 Å². The summed E-state index contributed by atoms with van der Waals surface area (Å²) in [6, 6.07) is 4.28. The average Bonchev–Trinajstić information content (AvgIpc) is 3.22. The number of aliphatic imine (C=N–C) groups is 1. The van der Waals surface area contributed by atoms with E-state index in [4.69, 9.17) is 4.74 Å². The van der Waals surface area contributed by atoms with Crippen molar-refractivity contribution in [3.05, 3.63) is 29.6 Å². The number of rotatable bonds is 4. The Balaban J connectivity index is 1.58. The molecule has 0 spiro atoms. The molecule has 1 unspecified atom stereocenters. The molecule has 0 radical (unpaired) electrons. The molecule has 2 heterocycles. The van der Waals surface area contributed by atoms with Crippen LogP contribution in [0.2, 0.25) is 0 Å². The van der Waals surface area contributed by atoms with Crippen LogP contribution in [-0.4, -0.2) is 72.2 Å². The highest BCUT2D eigenvalue weighted by atomic mass is 19.1. The minimum Gasteiger partial charge on any atom is -0.505 e. The van der Waals surface area contributed by atoms with Gasteiger partial charge in [-0.25, -0.2) is 9.38 Å². The third kappa shape index (κ3) is 4.88. The molecule has 3 rings (SSSR count). The summed E-state index contributed by atoms with van der Waals surface area (Å²) in [4.78, 5) is 21.0. The van der Waals surface area contributed by atoms with E-state index in [2.05, 4.69) is 15.2 Å². The second-order valence-electron chi connectivity index (χ2n) is 6.77. The first kappa shape index (κ1) is 19.4. The highest BCUT2D eigenvalue weighted by Gasteiger charge is 2.30. The van der Waals surface area contributed by atoms with Gasteiger partial charge in [0.25, 0.3) is 5.91 Å². The van der Waals surface area contributed by atoms with Crippen LogP contribution < -0.4 is 5.32 Å². The van der Waals surface area contributed by atoms with Gasteiger partial charge in [0, 0.05) is 39.3 Å². The molecule has 27 heavy (non-hydrogen) atoms. The molecule has 1 amide bonds. The van der Waals surface area contributed by atoms with E-state index in [1.165, 1.54) is 12.1 Å². The Bertz CT molecular complexity index is 684. The predicted molar refractivity (Wildman–Crippen MR) is 100 cm³/mol. The molecule has 2 saturated heterocycles. The number of guanidine groups is 1. The first-order valence-corrected chi connectivity index (χ1v) is 9.49. The third-order valence-electron chi connectivity index (χ3n) is 4.85. The number of phenolic OH excluding ortho intramolecular Hbond substituents is 1. The molecule has 148 valence electrons. The molecule has 1 aromatic rings. The lowest BCUT2D eigenvalue weighted by atomic mass is 10.2. The third-order valence-corrected chi connectivity index (χ3v) is 4.85. The number of halogens is 1. The molecule has 8 heteroatoms. The van der Waals surface area contributed by atoms with Gasteiger partial charge in [0.1, 0.15) is 6.10 Å². The van der Waals surface area contributed by atoms with Gasteiger partial charge in [-0.2, -0.15) is 0 Å². The Hall–Kier alpha value is -2.35. The Morgan fingerprint density at radius 1 is 1.33 bits per heavy atom. The van der Waals surface area contributed by atoms with Gasteiger partial charge < -0.3 is 25.0 Å². The van der Waals surface area contributed by atoms with Crippen molar-refractivity contribution in [3.8, 4) is 5.75 Å². The molecule has 2 aliphatic rings. The van der Waals surface area contributed by atoms with Crippen molar-refractivity contribution in [1.82, 2.24) is 15.1 Å². The minimum absolute atomic E-state index is 0.0913. The summed E-state index contributed by atoms with van der Waals surface area (Å²) in [6.07, 6.45) is 1.49. The lowest BCUT2D eigenvalue weighted by molar-refractivity contribution is -0.142. The zero-order valence-corrected chi connectivity index (χ0v) is 15.7. The number of ether oxygens (including phenoxy) is 1. The minimum atomic E-state index is -0.644. The molecular formula is C19H27FN4O3. The summed E-state index contributed by atoms with van der Waals surface area (Å²) >= 11 is 0. The van der Waals surface area contributed by atoms with Crippen molar-refractivity contribution in [3.63, 3.8) is 0 Å². The molecule has 0 aromatic heterocycles. The lowest BCUT2D eigenvalue weighted by Gasteiger charge is -2.37. The summed E-state index contributed by atoms with van der Waals surface area (Å²) in [6.45, 7) is 6.35. The number of benzene rings is 1. The Morgan fingerprint density at radius 2 is 2.07 bits per heavy atom. The van der Waals surface area contributed by atoms with Crippen LogP contribution in [0.3, 0.4) is 0 Å². The van der Waals surface area contributed by atoms with Crippen molar-refractivity contribution >= 4 is 11.9 Å².